The number of carbonyl (C=O) groups excluding carboxylic acids is 13. The maximum atomic E-state index is 15.4. The molecule has 0 aliphatic carbocycles. The Bertz CT molecular complexity index is 3130. The average molecular weight is 1420 g/mol. The molecule has 552 valence electrons. The van der Waals surface area contributed by atoms with Crippen LogP contribution in [0.5, 0.6) is 5.75 Å². The number of piperidine rings is 1. The summed E-state index contributed by atoms with van der Waals surface area (Å²) in [5, 5.41) is 53.2. The number of ether oxygens (including phenoxy) is 3. The van der Waals surface area contributed by atoms with Gasteiger partial charge in [0.1, 0.15) is 72.0 Å². The Hall–Kier alpha value is -8.56. The van der Waals surface area contributed by atoms with E-state index in [1.165, 1.54) is 106 Å². The van der Waals surface area contributed by atoms with Crippen molar-refractivity contribution in [3.8, 4) is 5.75 Å². The van der Waals surface area contributed by atoms with Crippen LogP contribution in [0.1, 0.15) is 114 Å². The molecule has 18 unspecified atom stereocenters. The fourth-order valence-electron chi connectivity index (χ4n) is 10.8. The predicted molar refractivity (Wildman–Crippen MR) is 361 cm³/mol. The standard InChI is InChI=1S/C66H102ClN13O19/c1-16-32(5)26-33(6)18-23-46(83)36(9)57(87)70-29-48(85)73-43(17-2)59(89)76-50(37(10)68)61(91)75-49(34(7)35(8)56(69)86)60(90)77-51-54(31(3)4)99-66(96)45-27-41(67)24-25-80(45)65(95)52(55(98-15)40-19-21-42(82)22-20-40)78-63(93)53(39(12)81)79(13)64(94)38(11)72-47(84)28-71-58(88)44(30-97-14)74-62(51)92/h17-23,26,31-32,34-39,41,44-46,49-55,81-83H,16,24-25,27-30,68H2,1-15H3,(H2,69,86)(H,70,87)(H,71,88)(H,72,84)(H,73,85)(H,74,92)(H,75,91)(H,76,89)(H,77,90)(H,78,93). The zero-order valence-electron chi connectivity index (χ0n) is 58.8. The van der Waals surface area contributed by atoms with Crippen LogP contribution in [-0.4, -0.2) is 228 Å². The van der Waals surface area contributed by atoms with Crippen LogP contribution in [0.4, 0.5) is 0 Å². The van der Waals surface area contributed by atoms with Crippen LogP contribution in [0.2, 0.25) is 0 Å². The largest absolute Gasteiger partial charge is 0.508 e. The molecule has 12 amide bonds. The molecule has 0 saturated carbocycles. The number of alkyl halides is 1. The number of phenols is 1. The highest BCUT2D eigenvalue weighted by Crippen LogP contribution is 2.31. The molecule has 2 fully saturated rings. The fraction of sp³-hybridized carbons (Fsp3) is 0.621. The third-order valence-electron chi connectivity index (χ3n) is 17.2. The molecule has 1 aromatic carbocycles. The molecule has 0 bridgehead atoms. The van der Waals surface area contributed by atoms with E-state index in [0.717, 1.165) is 36.0 Å². The number of hydrogen-bond donors (Lipinski definition) is 14. The van der Waals surface area contributed by atoms with Crippen molar-refractivity contribution in [1.82, 2.24) is 57.7 Å². The van der Waals surface area contributed by atoms with E-state index in [2.05, 4.69) is 47.9 Å². The third-order valence-corrected chi connectivity index (χ3v) is 17.6. The number of nitrogens with one attached hydrogen (secondary N) is 9. The van der Waals surface area contributed by atoms with Crippen molar-refractivity contribution in [1.29, 1.82) is 0 Å². The van der Waals surface area contributed by atoms with E-state index in [-0.39, 0.29) is 30.7 Å². The van der Waals surface area contributed by atoms with Crippen molar-refractivity contribution in [3.63, 3.8) is 0 Å². The van der Waals surface area contributed by atoms with Gasteiger partial charge in [-0.3, -0.25) is 57.5 Å². The van der Waals surface area contributed by atoms with Crippen molar-refractivity contribution in [3.05, 3.63) is 65.4 Å². The minimum absolute atomic E-state index is 0.0579. The van der Waals surface area contributed by atoms with Crippen LogP contribution in [0.15, 0.2) is 59.8 Å². The number of halogens is 1. The summed E-state index contributed by atoms with van der Waals surface area (Å²) in [6.07, 6.45) is 0.864. The van der Waals surface area contributed by atoms with E-state index in [1.54, 1.807) is 6.08 Å². The lowest BCUT2D eigenvalue weighted by Crippen LogP contribution is -2.66. The van der Waals surface area contributed by atoms with Gasteiger partial charge >= 0.3 is 5.97 Å². The third kappa shape index (κ3) is 24.7. The Labute approximate surface area is 582 Å². The second-order valence-electron chi connectivity index (χ2n) is 25.4. The molecule has 33 heteroatoms. The number of hydrogen-bond acceptors (Lipinski definition) is 20. The van der Waals surface area contributed by atoms with Gasteiger partial charge in [-0.1, -0.05) is 96.9 Å². The lowest BCUT2D eigenvalue weighted by atomic mass is 9.87. The summed E-state index contributed by atoms with van der Waals surface area (Å²) >= 11 is 6.76. The summed E-state index contributed by atoms with van der Waals surface area (Å²) in [5.41, 5.74) is 12.7. The number of carbonyl (C=O) groups is 13. The highest BCUT2D eigenvalue weighted by atomic mass is 35.5. The molecule has 1 aromatic rings. The van der Waals surface area contributed by atoms with Crippen LogP contribution < -0.4 is 59.3 Å². The van der Waals surface area contributed by atoms with Crippen molar-refractivity contribution >= 4 is 88.5 Å². The van der Waals surface area contributed by atoms with Gasteiger partial charge in [0, 0.05) is 45.1 Å². The summed E-state index contributed by atoms with van der Waals surface area (Å²) in [6, 6.07) is -10.1. The number of nitrogens with two attached hydrogens (primary N) is 2. The van der Waals surface area contributed by atoms with Crippen LogP contribution in [-0.2, 0) is 76.5 Å². The van der Waals surface area contributed by atoms with E-state index in [9.17, 15) is 58.5 Å². The van der Waals surface area contributed by atoms with Gasteiger partial charge in [0.25, 0.3) is 5.91 Å². The van der Waals surface area contributed by atoms with Crippen LogP contribution >= 0.6 is 11.6 Å². The number of amides is 12. The Morgan fingerprint density at radius 1 is 0.848 bits per heavy atom. The minimum Gasteiger partial charge on any atom is -0.508 e. The highest BCUT2D eigenvalue weighted by molar-refractivity contribution is 6.21. The van der Waals surface area contributed by atoms with Crippen LogP contribution in [0, 0.1) is 29.6 Å². The topological polar surface area (TPSA) is 477 Å². The summed E-state index contributed by atoms with van der Waals surface area (Å²) < 4.78 is 17.3. The maximum Gasteiger partial charge on any atom is 0.329 e. The number of benzene rings is 1. The number of aromatic hydroxyl groups is 1. The fourth-order valence-corrected chi connectivity index (χ4v) is 11.1. The van der Waals surface area contributed by atoms with Gasteiger partial charge in [0.05, 0.1) is 37.8 Å². The summed E-state index contributed by atoms with van der Waals surface area (Å²) in [7, 11) is 3.53. The quantitative estimate of drug-likeness (QED) is 0.0205. The Balaban J connectivity index is 2.19. The molecule has 2 heterocycles. The van der Waals surface area contributed by atoms with Crippen molar-refractivity contribution < 1.29 is 91.9 Å². The number of fused-ring (bicyclic) bond motifs is 1. The number of primary amides is 1. The summed E-state index contributed by atoms with van der Waals surface area (Å²) in [6.45, 7) is 15.7. The number of nitrogens with zero attached hydrogens (tertiary/aromatic N) is 2. The van der Waals surface area contributed by atoms with E-state index < -0.39 is 210 Å². The number of cyclic esters (lactones) is 1. The second kappa shape index (κ2) is 39.9. The Kier molecular flexibility index (Phi) is 34.1. The van der Waals surface area contributed by atoms with E-state index in [0.29, 0.717) is 5.92 Å². The predicted octanol–water partition coefficient (Wildman–Crippen LogP) is -2.05. The lowest BCUT2D eigenvalue weighted by Gasteiger charge is -2.41. The van der Waals surface area contributed by atoms with Gasteiger partial charge in [-0.05, 0) is 82.9 Å². The molecule has 2 saturated heterocycles. The number of methoxy groups -OCH3 is 2. The molecule has 2 aliphatic rings. The molecule has 32 nitrogen and oxygen atoms in total. The number of likely N-dealkylation sites (N-methyl/N-ethyl adjacent to an activating group) is 1. The first-order valence-electron chi connectivity index (χ1n) is 32.7. The molecule has 0 spiro atoms. The highest BCUT2D eigenvalue weighted by Gasteiger charge is 2.48. The van der Waals surface area contributed by atoms with Gasteiger partial charge in [-0.25, -0.2) is 4.79 Å². The first-order chi connectivity index (χ1) is 46.3. The number of rotatable bonds is 26. The number of allylic oxidation sites excluding steroid dienone is 4. The molecule has 18 atom stereocenters. The van der Waals surface area contributed by atoms with Crippen molar-refractivity contribution in [2.75, 3.05) is 47.5 Å². The number of esters is 1. The van der Waals surface area contributed by atoms with Crippen molar-refractivity contribution in [2.45, 2.75) is 187 Å². The Morgan fingerprint density at radius 3 is 2.04 bits per heavy atom. The van der Waals surface area contributed by atoms with E-state index in [4.69, 9.17) is 37.3 Å². The van der Waals surface area contributed by atoms with E-state index in [1.807, 2.05) is 26.8 Å². The zero-order valence-corrected chi connectivity index (χ0v) is 59.6. The normalized spacial score (nSPS) is 24.5. The lowest BCUT2D eigenvalue weighted by molar-refractivity contribution is -0.168. The van der Waals surface area contributed by atoms with Gasteiger partial charge < -0.3 is 98.6 Å². The number of aliphatic hydroxyl groups excluding tert-OH is 2. The molecular formula is C66H102ClN13O19. The number of aliphatic hydroxyl groups is 2. The molecule has 0 aromatic heterocycles. The summed E-state index contributed by atoms with van der Waals surface area (Å²) in [5.74, 6) is -18.1. The summed E-state index contributed by atoms with van der Waals surface area (Å²) in [4.78, 5) is 186. The minimum atomic E-state index is -2.11. The monoisotopic (exact) mass is 1420 g/mol. The second-order valence-corrected chi connectivity index (χ2v) is 26.1. The van der Waals surface area contributed by atoms with Gasteiger partial charge in [-0.2, -0.15) is 0 Å². The Morgan fingerprint density at radius 2 is 1.48 bits per heavy atom. The molecule has 3 rings (SSSR count). The zero-order chi connectivity index (χ0) is 75.0. The molecule has 0 radical (unpaired) electrons. The number of phenolic OH excluding ortho intramolecular Hbond substituents is 1. The van der Waals surface area contributed by atoms with E-state index >= 15 is 19.2 Å². The SMILES string of the molecule is CC=C(NC(=O)CNC(=O)C(C)C(O)C=CC(C)=CC(C)CC)C(=O)NC(C(=O)NC(C(=O)NC1C(=O)NC(COC)C(=O)NCC(=O)NC(C)C(=O)N(C)C(C(C)O)C(=O)NC(C(OC)c2ccc(O)cc2)C(=O)N2CCC(Cl)CC2C(=O)OC1C(C)C)C(C)C(C)C(N)=O)C(C)N. The van der Waals surface area contributed by atoms with Gasteiger partial charge in [0.15, 0.2) is 0 Å². The van der Waals surface area contributed by atoms with Gasteiger partial charge in [-0.15, -0.1) is 11.6 Å². The molecular weight excluding hydrogens is 1310 g/mol. The smallest absolute Gasteiger partial charge is 0.329 e. The van der Waals surface area contributed by atoms with Crippen LogP contribution in [0.3, 0.4) is 0 Å². The first kappa shape index (κ1) is 84.7. The van der Waals surface area contributed by atoms with Gasteiger partial charge in [0.2, 0.25) is 65.0 Å². The molecule has 99 heavy (non-hydrogen) atoms. The first-order valence-corrected chi connectivity index (χ1v) is 33.1. The molecule has 16 N–H and O–H groups in total. The maximum absolute atomic E-state index is 15.4. The molecule has 2 aliphatic heterocycles. The van der Waals surface area contributed by atoms with Crippen LogP contribution in [0.25, 0.3) is 0 Å². The average Bonchev–Trinajstić information content (AvgIpc) is 0.758. The van der Waals surface area contributed by atoms with Crippen molar-refractivity contribution in [2.24, 2.45) is 41.1 Å².